The van der Waals surface area contributed by atoms with Gasteiger partial charge in [-0.05, 0) is 24.6 Å². The van der Waals surface area contributed by atoms with Crippen molar-refractivity contribution in [2.75, 3.05) is 25.4 Å². The van der Waals surface area contributed by atoms with E-state index in [1.165, 1.54) is 5.56 Å². The molecule has 0 bridgehead atoms. The number of nitrogens with one attached hydrogen (secondary N) is 1. The molecule has 3 nitrogen and oxygen atoms in total. The Hall–Kier alpha value is -0.710. The molecule has 1 N–H and O–H groups in total. The van der Waals surface area contributed by atoms with Crippen LogP contribution in [0.25, 0.3) is 0 Å². The highest BCUT2D eigenvalue weighted by atomic mass is 35.5. The van der Waals surface area contributed by atoms with Crippen LogP contribution in [0.15, 0.2) is 24.3 Å². The largest absolute Gasteiger partial charge is 0.337 e. The van der Waals surface area contributed by atoms with Crippen LogP contribution in [0.5, 0.6) is 0 Å². The Morgan fingerprint density at radius 1 is 1.58 bits per heavy atom. The smallest absolute Gasteiger partial charge is 0.232 e. The molecule has 0 aromatic heterocycles. The number of nitrogens with zero attached hydrogens (tertiary/aromatic N) is 1. The zero-order valence-electron chi connectivity index (χ0n) is 11.1. The number of benzene rings is 1. The SMILES string of the molecule is C[C@@H]1CNCCN1C(=O)CSCc1cccc(Cl)c1. The van der Waals surface area contributed by atoms with Crippen LogP contribution in [0.3, 0.4) is 0 Å². The van der Waals surface area contributed by atoms with Crippen molar-refractivity contribution in [1.82, 2.24) is 10.2 Å². The molecule has 0 radical (unpaired) electrons. The van der Waals surface area contributed by atoms with Gasteiger partial charge in [-0.3, -0.25) is 4.79 Å². The molecule has 19 heavy (non-hydrogen) atoms. The molecule has 1 saturated heterocycles. The first-order valence-corrected chi connectivity index (χ1v) is 8.02. The average Bonchev–Trinajstić information content (AvgIpc) is 2.39. The molecule has 1 aliphatic heterocycles. The number of thioether (sulfide) groups is 1. The first-order valence-electron chi connectivity index (χ1n) is 6.49. The van der Waals surface area contributed by atoms with Crippen LogP contribution in [0.1, 0.15) is 12.5 Å². The van der Waals surface area contributed by atoms with Crippen molar-refractivity contribution < 1.29 is 4.79 Å². The first kappa shape index (κ1) is 14.7. The van der Waals surface area contributed by atoms with E-state index in [1.54, 1.807) is 11.8 Å². The Morgan fingerprint density at radius 3 is 3.16 bits per heavy atom. The van der Waals surface area contributed by atoms with Gasteiger partial charge in [-0.2, -0.15) is 0 Å². The molecule has 104 valence electrons. The predicted molar refractivity (Wildman–Crippen MR) is 81.7 cm³/mol. The summed E-state index contributed by atoms with van der Waals surface area (Å²) in [6, 6.07) is 8.10. The van der Waals surface area contributed by atoms with Crippen molar-refractivity contribution >= 4 is 29.3 Å². The quantitative estimate of drug-likeness (QED) is 0.926. The van der Waals surface area contributed by atoms with Gasteiger partial charge in [-0.1, -0.05) is 23.7 Å². The van der Waals surface area contributed by atoms with Gasteiger partial charge in [-0.25, -0.2) is 0 Å². The highest BCUT2D eigenvalue weighted by molar-refractivity contribution is 7.99. The van der Waals surface area contributed by atoms with Crippen molar-refractivity contribution in [1.29, 1.82) is 0 Å². The maximum Gasteiger partial charge on any atom is 0.232 e. The lowest BCUT2D eigenvalue weighted by Crippen LogP contribution is -2.52. The van der Waals surface area contributed by atoms with Gasteiger partial charge in [0, 0.05) is 36.5 Å². The van der Waals surface area contributed by atoms with E-state index in [4.69, 9.17) is 11.6 Å². The fourth-order valence-electron chi connectivity index (χ4n) is 2.18. The van der Waals surface area contributed by atoms with Crippen LogP contribution in [-0.4, -0.2) is 42.2 Å². The monoisotopic (exact) mass is 298 g/mol. The maximum atomic E-state index is 12.1. The number of halogens is 1. The number of amides is 1. The molecular weight excluding hydrogens is 280 g/mol. The Balaban J connectivity index is 1.77. The third-order valence-corrected chi connectivity index (χ3v) is 4.43. The zero-order valence-corrected chi connectivity index (χ0v) is 12.6. The molecule has 2 rings (SSSR count). The van der Waals surface area contributed by atoms with Crippen molar-refractivity contribution in [2.24, 2.45) is 0 Å². The summed E-state index contributed by atoms with van der Waals surface area (Å²) in [6.45, 7) is 4.70. The molecular formula is C14H19ClN2OS. The summed E-state index contributed by atoms with van der Waals surface area (Å²) in [5.74, 6) is 1.60. The molecule has 1 aromatic carbocycles. The van der Waals surface area contributed by atoms with Crippen LogP contribution in [0.4, 0.5) is 0 Å². The lowest BCUT2D eigenvalue weighted by molar-refractivity contribution is -0.131. The zero-order chi connectivity index (χ0) is 13.7. The lowest BCUT2D eigenvalue weighted by atomic mass is 10.2. The summed E-state index contributed by atoms with van der Waals surface area (Å²) in [7, 11) is 0. The summed E-state index contributed by atoms with van der Waals surface area (Å²) < 4.78 is 0. The summed E-state index contributed by atoms with van der Waals surface area (Å²) in [5, 5.41) is 4.04. The number of rotatable bonds is 4. The standard InChI is InChI=1S/C14H19ClN2OS/c1-11-8-16-5-6-17(11)14(18)10-19-9-12-3-2-4-13(15)7-12/h2-4,7,11,16H,5-6,8-10H2,1H3/t11-/m1/s1. The minimum Gasteiger partial charge on any atom is -0.337 e. The second-order valence-electron chi connectivity index (χ2n) is 4.76. The van der Waals surface area contributed by atoms with Gasteiger partial charge in [0.05, 0.1) is 5.75 Å². The summed E-state index contributed by atoms with van der Waals surface area (Å²) >= 11 is 7.58. The van der Waals surface area contributed by atoms with Gasteiger partial charge >= 0.3 is 0 Å². The average molecular weight is 299 g/mol. The maximum absolute atomic E-state index is 12.1. The van der Waals surface area contributed by atoms with E-state index < -0.39 is 0 Å². The highest BCUT2D eigenvalue weighted by Crippen LogP contribution is 2.17. The van der Waals surface area contributed by atoms with Gasteiger partial charge in [0.15, 0.2) is 0 Å². The number of hydrogen-bond donors (Lipinski definition) is 1. The predicted octanol–water partition coefficient (Wildman–Crippen LogP) is 2.39. The molecule has 5 heteroatoms. The van der Waals surface area contributed by atoms with Crippen LogP contribution in [0, 0.1) is 0 Å². The number of piperazine rings is 1. The van der Waals surface area contributed by atoms with E-state index in [1.807, 2.05) is 29.2 Å². The van der Waals surface area contributed by atoms with Crippen LogP contribution < -0.4 is 5.32 Å². The van der Waals surface area contributed by atoms with Crippen molar-refractivity contribution in [3.05, 3.63) is 34.9 Å². The van der Waals surface area contributed by atoms with Gasteiger partial charge < -0.3 is 10.2 Å². The van der Waals surface area contributed by atoms with Crippen molar-refractivity contribution in [3.8, 4) is 0 Å². The summed E-state index contributed by atoms with van der Waals surface area (Å²) in [5.41, 5.74) is 1.17. The van der Waals surface area contributed by atoms with E-state index in [9.17, 15) is 4.79 Å². The Kier molecular flexibility index (Phi) is 5.55. The molecule has 1 amide bonds. The highest BCUT2D eigenvalue weighted by Gasteiger charge is 2.22. The molecule has 1 aliphatic rings. The molecule has 0 unspecified atom stereocenters. The van der Waals surface area contributed by atoms with E-state index in [-0.39, 0.29) is 5.91 Å². The van der Waals surface area contributed by atoms with Gasteiger partial charge in [0.1, 0.15) is 0 Å². The van der Waals surface area contributed by atoms with Crippen molar-refractivity contribution in [2.45, 2.75) is 18.7 Å². The topological polar surface area (TPSA) is 32.3 Å². The molecule has 0 spiro atoms. The van der Waals surface area contributed by atoms with E-state index in [2.05, 4.69) is 12.2 Å². The third-order valence-electron chi connectivity index (χ3n) is 3.20. The number of carbonyl (C=O) groups is 1. The lowest BCUT2D eigenvalue weighted by Gasteiger charge is -2.34. The van der Waals surface area contributed by atoms with Gasteiger partial charge in [0.25, 0.3) is 0 Å². The third kappa shape index (κ3) is 4.41. The summed E-state index contributed by atoms with van der Waals surface area (Å²) in [4.78, 5) is 14.1. The number of hydrogen-bond acceptors (Lipinski definition) is 3. The second-order valence-corrected chi connectivity index (χ2v) is 6.19. The second kappa shape index (κ2) is 7.17. The van der Waals surface area contributed by atoms with Crippen LogP contribution in [-0.2, 0) is 10.5 Å². The van der Waals surface area contributed by atoms with Crippen LogP contribution >= 0.6 is 23.4 Å². The van der Waals surface area contributed by atoms with E-state index in [0.29, 0.717) is 11.8 Å². The number of carbonyl (C=O) groups excluding carboxylic acids is 1. The summed E-state index contributed by atoms with van der Waals surface area (Å²) in [6.07, 6.45) is 0. The fourth-order valence-corrected chi connectivity index (χ4v) is 3.25. The van der Waals surface area contributed by atoms with E-state index in [0.717, 1.165) is 30.4 Å². The van der Waals surface area contributed by atoms with Crippen LogP contribution in [0.2, 0.25) is 5.02 Å². The van der Waals surface area contributed by atoms with Crippen molar-refractivity contribution in [3.63, 3.8) is 0 Å². The fraction of sp³-hybridized carbons (Fsp3) is 0.500. The molecule has 0 aliphatic carbocycles. The molecule has 1 fully saturated rings. The normalized spacial score (nSPS) is 19.5. The van der Waals surface area contributed by atoms with Gasteiger partial charge in [-0.15, -0.1) is 11.8 Å². The molecule has 1 atom stereocenters. The van der Waals surface area contributed by atoms with Gasteiger partial charge in [0.2, 0.25) is 5.91 Å². The molecule has 1 aromatic rings. The minimum absolute atomic E-state index is 0.237. The minimum atomic E-state index is 0.237. The van der Waals surface area contributed by atoms with E-state index >= 15 is 0 Å². The molecule has 0 saturated carbocycles. The first-order chi connectivity index (χ1) is 9.16. The molecule has 1 heterocycles. The Labute approximate surface area is 123 Å². The Bertz CT molecular complexity index is 441. The Morgan fingerprint density at radius 2 is 2.42 bits per heavy atom.